The smallest absolute Gasteiger partial charge is 0.315 e. The summed E-state index contributed by atoms with van der Waals surface area (Å²) in [6, 6.07) is 4.24. The van der Waals surface area contributed by atoms with Crippen LogP contribution < -0.4 is 21.3 Å². The van der Waals surface area contributed by atoms with Crippen molar-refractivity contribution < 1.29 is 9.59 Å². The number of H-pyrrole nitrogens is 1. The van der Waals surface area contributed by atoms with E-state index in [9.17, 15) is 9.59 Å². The zero-order chi connectivity index (χ0) is 24.2. The van der Waals surface area contributed by atoms with Crippen LogP contribution >= 0.6 is 0 Å². The molecule has 0 unspecified atom stereocenters. The molecule has 2 aliphatic carbocycles. The Morgan fingerprint density at radius 1 is 0.971 bits per heavy atom. The van der Waals surface area contributed by atoms with Gasteiger partial charge in [-0.25, -0.2) is 9.78 Å². The zero-order valence-corrected chi connectivity index (χ0v) is 20.2. The van der Waals surface area contributed by atoms with Crippen LogP contribution in [0.25, 0.3) is 0 Å². The second kappa shape index (κ2) is 10.5. The molecule has 2 aromatic heterocycles. The first-order chi connectivity index (χ1) is 17.0. The van der Waals surface area contributed by atoms with Crippen molar-refractivity contribution in [3.63, 3.8) is 0 Å². The maximum Gasteiger partial charge on any atom is 0.315 e. The first-order valence-corrected chi connectivity index (χ1v) is 12.8. The fourth-order valence-electron chi connectivity index (χ4n) is 5.28. The number of amides is 3. The molecular formula is C24H35N9O2. The molecular weight excluding hydrogens is 446 g/mol. The van der Waals surface area contributed by atoms with Crippen LogP contribution in [0.5, 0.6) is 0 Å². The number of aromatic nitrogens is 4. The molecule has 188 valence electrons. The predicted octanol–water partition coefficient (Wildman–Crippen LogP) is 2.85. The Bertz CT molecular complexity index is 1020. The van der Waals surface area contributed by atoms with Gasteiger partial charge in [0.15, 0.2) is 5.82 Å². The first kappa shape index (κ1) is 23.4. The average molecular weight is 482 g/mol. The van der Waals surface area contributed by atoms with Crippen LogP contribution in [-0.4, -0.2) is 68.2 Å². The molecule has 2 saturated carbocycles. The van der Waals surface area contributed by atoms with Gasteiger partial charge in [-0.2, -0.15) is 10.1 Å². The predicted molar refractivity (Wildman–Crippen MR) is 132 cm³/mol. The second-order valence-electron chi connectivity index (χ2n) is 10.0. The maximum absolute atomic E-state index is 12.3. The summed E-state index contributed by atoms with van der Waals surface area (Å²) in [7, 11) is 0. The average Bonchev–Trinajstić information content (AvgIpc) is 3.49. The van der Waals surface area contributed by atoms with Gasteiger partial charge in [-0.1, -0.05) is 12.8 Å². The van der Waals surface area contributed by atoms with E-state index in [0.717, 1.165) is 31.5 Å². The topological polar surface area (TPSA) is 140 Å². The van der Waals surface area contributed by atoms with E-state index in [2.05, 4.69) is 47.5 Å². The molecule has 3 fully saturated rings. The van der Waals surface area contributed by atoms with Gasteiger partial charge in [0.25, 0.3) is 0 Å². The molecule has 0 aromatic carbocycles. The molecule has 11 heteroatoms. The SMILES string of the molecule is CC(=O)N1CC(NC(=O)NC2CCC(Nc3nccc(Nc4cc(C5CCCC5)[nH]n4)n3)CC2)C1. The lowest BCUT2D eigenvalue weighted by Gasteiger charge is -2.39. The van der Waals surface area contributed by atoms with Crippen molar-refractivity contribution in [3.8, 4) is 0 Å². The number of nitrogens with zero attached hydrogens (tertiary/aromatic N) is 4. The van der Waals surface area contributed by atoms with Crippen LogP contribution in [0.3, 0.4) is 0 Å². The number of nitrogens with one attached hydrogen (secondary N) is 5. The normalized spacial score (nSPS) is 22.9. The summed E-state index contributed by atoms with van der Waals surface area (Å²) in [5.74, 6) is 2.71. The minimum atomic E-state index is -0.147. The standard InChI is InChI=1S/C24H35N9O2/c1-15(34)33-13-19(14-33)28-24(35)27-18-8-6-17(7-9-18)26-23-25-11-10-21(30-23)29-22-12-20(31-32-22)16-4-2-3-5-16/h10-12,16-19H,2-9,13-14H2,1H3,(H2,27,28,35)(H3,25,26,29,30,31,32). The summed E-state index contributed by atoms with van der Waals surface area (Å²) in [6.07, 6.45) is 10.4. The molecule has 5 rings (SSSR count). The summed E-state index contributed by atoms with van der Waals surface area (Å²) in [5.41, 5.74) is 1.20. The molecule has 35 heavy (non-hydrogen) atoms. The van der Waals surface area contributed by atoms with Gasteiger partial charge in [0.05, 0.1) is 6.04 Å². The van der Waals surface area contributed by atoms with E-state index >= 15 is 0 Å². The van der Waals surface area contributed by atoms with Gasteiger partial charge in [-0.05, 0) is 44.6 Å². The van der Waals surface area contributed by atoms with Gasteiger partial charge < -0.3 is 26.2 Å². The molecule has 0 radical (unpaired) electrons. The van der Waals surface area contributed by atoms with Crippen LogP contribution in [0.1, 0.15) is 69.9 Å². The fourth-order valence-corrected chi connectivity index (χ4v) is 5.28. The number of hydrogen-bond donors (Lipinski definition) is 5. The summed E-state index contributed by atoms with van der Waals surface area (Å²) in [4.78, 5) is 34.2. The largest absolute Gasteiger partial charge is 0.351 e. The van der Waals surface area contributed by atoms with E-state index in [1.54, 1.807) is 18.0 Å². The molecule has 0 bridgehead atoms. The molecule has 1 saturated heterocycles. The van der Waals surface area contributed by atoms with Crippen molar-refractivity contribution in [3.05, 3.63) is 24.0 Å². The lowest BCUT2D eigenvalue weighted by atomic mass is 9.91. The third-order valence-electron chi connectivity index (χ3n) is 7.36. The van der Waals surface area contributed by atoms with Gasteiger partial charge in [-0.15, -0.1) is 0 Å². The Balaban J connectivity index is 1.05. The number of carbonyl (C=O) groups is 2. The van der Waals surface area contributed by atoms with Gasteiger partial charge in [0, 0.05) is 56.0 Å². The molecule has 1 aliphatic heterocycles. The van der Waals surface area contributed by atoms with E-state index < -0.39 is 0 Å². The highest BCUT2D eigenvalue weighted by Crippen LogP contribution is 2.34. The minimum absolute atomic E-state index is 0.0470. The maximum atomic E-state index is 12.3. The molecule has 3 aliphatic rings. The highest BCUT2D eigenvalue weighted by Gasteiger charge is 2.30. The number of aromatic amines is 1. The Morgan fingerprint density at radius 3 is 2.43 bits per heavy atom. The van der Waals surface area contributed by atoms with Gasteiger partial charge in [-0.3, -0.25) is 9.89 Å². The van der Waals surface area contributed by atoms with Crippen molar-refractivity contribution >= 4 is 29.5 Å². The number of urea groups is 1. The number of carbonyl (C=O) groups excluding carboxylic acids is 2. The molecule has 0 atom stereocenters. The van der Waals surface area contributed by atoms with Crippen molar-refractivity contribution in [2.24, 2.45) is 0 Å². The first-order valence-electron chi connectivity index (χ1n) is 12.8. The van der Waals surface area contributed by atoms with Gasteiger partial charge in [0.1, 0.15) is 5.82 Å². The highest BCUT2D eigenvalue weighted by atomic mass is 16.2. The van der Waals surface area contributed by atoms with E-state index in [1.807, 2.05) is 6.07 Å². The fraction of sp³-hybridized carbons (Fsp3) is 0.625. The second-order valence-corrected chi connectivity index (χ2v) is 10.0. The van der Waals surface area contributed by atoms with Crippen molar-refractivity contribution in [2.45, 2.75) is 82.3 Å². The van der Waals surface area contributed by atoms with Crippen LogP contribution in [-0.2, 0) is 4.79 Å². The highest BCUT2D eigenvalue weighted by molar-refractivity contribution is 5.77. The summed E-state index contributed by atoms with van der Waals surface area (Å²) < 4.78 is 0. The Kier molecular flexibility index (Phi) is 7.01. The van der Waals surface area contributed by atoms with Crippen molar-refractivity contribution in [1.29, 1.82) is 0 Å². The molecule has 5 N–H and O–H groups in total. The van der Waals surface area contributed by atoms with Crippen LogP contribution in [0.15, 0.2) is 18.3 Å². The molecule has 0 spiro atoms. The quantitative estimate of drug-likeness (QED) is 0.410. The van der Waals surface area contributed by atoms with Crippen molar-refractivity contribution in [1.82, 2.24) is 35.7 Å². The van der Waals surface area contributed by atoms with E-state index in [4.69, 9.17) is 0 Å². The Hall–Kier alpha value is -3.37. The Morgan fingerprint density at radius 2 is 1.69 bits per heavy atom. The zero-order valence-electron chi connectivity index (χ0n) is 20.2. The van der Waals surface area contributed by atoms with E-state index in [-0.39, 0.29) is 30.1 Å². The third-order valence-corrected chi connectivity index (χ3v) is 7.36. The molecule has 2 aromatic rings. The summed E-state index contributed by atoms with van der Waals surface area (Å²) >= 11 is 0. The van der Waals surface area contributed by atoms with Crippen LogP contribution in [0, 0.1) is 0 Å². The number of likely N-dealkylation sites (tertiary alicyclic amines) is 1. The summed E-state index contributed by atoms with van der Waals surface area (Å²) in [5, 5.41) is 20.3. The van der Waals surface area contributed by atoms with E-state index in [1.165, 1.54) is 31.4 Å². The number of anilines is 3. The van der Waals surface area contributed by atoms with Gasteiger partial charge in [0.2, 0.25) is 11.9 Å². The van der Waals surface area contributed by atoms with E-state index in [0.29, 0.717) is 30.8 Å². The molecule has 3 heterocycles. The lowest BCUT2D eigenvalue weighted by Crippen LogP contribution is -2.62. The summed E-state index contributed by atoms with van der Waals surface area (Å²) in [6.45, 7) is 2.73. The number of hydrogen-bond acceptors (Lipinski definition) is 7. The molecule has 3 amide bonds. The monoisotopic (exact) mass is 481 g/mol. The lowest BCUT2D eigenvalue weighted by molar-refractivity contribution is -0.133. The van der Waals surface area contributed by atoms with Crippen LogP contribution in [0.4, 0.5) is 22.4 Å². The number of rotatable bonds is 7. The van der Waals surface area contributed by atoms with Crippen molar-refractivity contribution in [2.75, 3.05) is 23.7 Å². The van der Waals surface area contributed by atoms with Crippen LogP contribution in [0.2, 0.25) is 0 Å². The third kappa shape index (κ3) is 6.01. The van der Waals surface area contributed by atoms with Gasteiger partial charge >= 0.3 is 6.03 Å². The Labute approximate surface area is 205 Å². The molecule has 11 nitrogen and oxygen atoms in total. The minimum Gasteiger partial charge on any atom is -0.351 e.